The van der Waals surface area contributed by atoms with Gasteiger partial charge in [-0.3, -0.25) is 9.48 Å². The number of aromatic nitrogens is 3. The van der Waals surface area contributed by atoms with E-state index in [1.54, 1.807) is 38.8 Å². The van der Waals surface area contributed by atoms with Crippen LogP contribution in [0.1, 0.15) is 22.4 Å². The zero-order chi connectivity index (χ0) is 13.0. The molecule has 2 aromatic heterocycles. The Kier molecular flexibility index (Phi) is 3.73. The summed E-state index contributed by atoms with van der Waals surface area (Å²) in [6, 6.07) is 3.56. The van der Waals surface area contributed by atoms with Crippen LogP contribution in [0.15, 0.2) is 29.0 Å². The molecule has 0 aliphatic carbocycles. The molecule has 96 valence electrons. The van der Waals surface area contributed by atoms with E-state index in [1.165, 1.54) is 4.68 Å². The summed E-state index contributed by atoms with van der Waals surface area (Å²) in [6.45, 7) is 0.305. The first-order chi connectivity index (χ1) is 8.70. The second-order valence-electron chi connectivity index (χ2n) is 3.73. The van der Waals surface area contributed by atoms with Gasteiger partial charge in [-0.25, -0.2) is 0 Å². The molecule has 0 aliphatic rings. The van der Waals surface area contributed by atoms with Gasteiger partial charge >= 0.3 is 0 Å². The van der Waals surface area contributed by atoms with E-state index < -0.39 is 0 Å². The van der Waals surface area contributed by atoms with Gasteiger partial charge in [0.1, 0.15) is 11.9 Å². The fourth-order valence-electron chi connectivity index (χ4n) is 1.50. The minimum Gasteiger partial charge on any atom is -0.467 e. The maximum Gasteiger partial charge on any atom is 0.273 e. The van der Waals surface area contributed by atoms with E-state index >= 15 is 0 Å². The van der Waals surface area contributed by atoms with E-state index in [2.05, 4.69) is 15.6 Å². The van der Waals surface area contributed by atoms with Crippen molar-refractivity contribution in [3.8, 4) is 0 Å². The van der Waals surface area contributed by atoms with Crippen molar-refractivity contribution < 1.29 is 13.9 Å². The average Bonchev–Trinajstić information content (AvgIpc) is 3.01. The van der Waals surface area contributed by atoms with Gasteiger partial charge in [0.05, 0.1) is 19.0 Å². The van der Waals surface area contributed by atoms with Crippen LogP contribution in [-0.4, -0.2) is 34.6 Å². The SMILES string of the molecule is COC(CNC(=O)c1cn(C)nn1)c1ccco1. The van der Waals surface area contributed by atoms with Crippen LogP contribution in [0.25, 0.3) is 0 Å². The molecule has 0 saturated heterocycles. The van der Waals surface area contributed by atoms with Crippen molar-refractivity contribution in [2.24, 2.45) is 7.05 Å². The third kappa shape index (κ3) is 2.75. The molecule has 0 bridgehead atoms. The lowest BCUT2D eigenvalue weighted by Crippen LogP contribution is -2.29. The van der Waals surface area contributed by atoms with Gasteiger partial charge in [-0.1, -0.05) is 5.21 Å². The van der Waals surface area contributed by atoms with E-state index in [-0.39, 0.29) is 17.7 Å². The van der Waals surface area contributed by atoms with Crippen LogP contribution in [-0.2, 0) is 11.8 Å². The van der Waals surface area contributed by atoms with Crippen molar-refractivity contribution in [3.05, 3.63) is 36.0 Å². The van der Waals surface area contributed by atoms with Crippen molar-refractivity contribution in [1.82, 2.24) is 20.3 Å². The highest BCUT2D eigenvalue weighted by molar-refractivity contribution is 5.91. The number of nitrogens with one attached hydrogen (secondary N) is 1. The lowest BCUT2D eigenvalue weighted by atomic mass is 10.2. The normalized spacial score (nSPS) is 12.3. The van der Waals surface area contributed by atoms with Crippen molar-refractivity contribution in [3.63, 3.8) is 0 Å². The number of nitrogens with zero attached hydrogens (tertiary/aromatic N) is 3. The Balaban J connectivity index is 1.92. The summed E-state index contributed by atoms with van der Waals surface area (Å²) in [4.78, 5) is 11.7. The monoisotopic (exact) mass is 250 g/mol. The number of aryl methyl sites for hydroxylation is 1. The van der Waals surface area contributed by atoms with Crippen LogP contribution in [0, 0.1) is 0 Å². The first-order valence-electron chi connectivity index (χ1n) is 5.41. The third-order valence-electron chi connectivity index (χ3n) is 2.43. The van der Waals surface area contributed by atoms with E-state index in [1.807, 2.05) is 0 Å². The number of hydrogen-bond acceptors (Lipinski definition) is 5. The van der Waals surface area contributed by atoms with E-state index in [0.29, 0.717) is 12.3 Å². The van der Waals surface area contributed by atoms with E-state index in [4.69, 9.17) is 9.15 Å². The molecular formula is C11H14N4O3. The van der Waals surface area contributed by atoms with Crippen LogP contribution in [0.3, 0.4) is 0 Å². The molecule has 7 heteroatoms. The number of carbonyl (C=O) groups excluding carboxylic acids is 1. The lowest BCUT2D eigenvalue weighted by Gasteiger charge is -2.12. The molecule has 0 aliphatic heterocycles. The van der Waals surface area contributed by atoms with Crippen molar-refractivity contribution >= 4 is 5.91 Å². The summed E-state index contributed by atoms with van der Waals surface area (Å²) >= 11 is 0. The van der Waals surface area contributed by atoms with Gasteiger partial charge in [0.25, 0.3) is 5.91 Å². The van der Waals surface area contributed by atoms with Crippen molar-refractivity contribution in [2.75, 3.05) is 13.7 Å². The van der Waals surface area contributed by atoms with Crippen LogP contribution < -0.4 is 5.32 Å². The van der Waals surface area contributed by atoms with Crippen molar-refractivity contribution in [2.45, 2.75) is 6.10 Å². The number of furan rings is 1. The summed E-state index contributed by atoms with van der Waals surface area (Å²) in [5.74, 6) is 0.369. The molecule has 0 saturated carbocycles. The van der Waals surface area contributed by atoms with Gasteiger partial charge in [-0.15, -0.1) is 5.10 Å². The molecule has 7 nitrogen and oxygen atoms in total. The number of amides is 1. The third-order valence-corrected chi connectivity index (χ3v) is 2.43. The maximum atomic E-state index is 11.7. The van der Waals surface area contributed by atoms with Crippen LogP contribution in [0.5, 0.6) is 0 Å². The average molecular weight is 250 g/mol. The minimum absolute atomic E-state index is 0.270. The first kappa shape index (κ1) is 12.3. The second-order valence-corrected chi connectivity index (χ2v) is 3.73. The summed E-state index contributed by atoms with van der Waals surface area (Å²) in [5.41, 5.74) is 0.270. The molecule has 0 radical (unpaired) electrons. The Morgan fingerprint density at radius 1 is 1.67 bits per heavy atom. The molecule has 0 aromatic carbocycles. The van der Waals surface area contributed by atoms with Gasteiger partial charge in [0.2, 0.25) is 0 Å². The van der Waals surface area contributed by atoms with Gasteiger partial charge in [0.15, 0.2) is 5.69 Å². The van der Waals surface area contributed by atoms with Crippen molar-refractivity contribution in [1.29, 1.82) is 0 Å². The molecular weight excluding hydrogens is 236 g/mol. The Labute approximate surface area is 104 Å². The molecule has 2 heterocycles. The molecule has 1 unspecified atom stereocenters. The number of methoxy groups -OCH3 is 1. The van der Waals surface area contributed by atoms with Crippen LogP contribution in [0.2, 0.25) is 0 Å². The zero-order valence-electron chi connectivity index (χ0n) is 10.2. The van der Waals surface area contributed by atoms with E-state index in [9.17, 15) is 4.79 Å². The lowest BCUT2D eigenvalue weighted by molar-refractivity contribution is 0.0736. The summed E-state index contributed by atoms with van der Waals surface area (Å²) in [6.07, 6.45) is 2.79. The molecule has 18 heavy (non-hydrogen) atoms. The Morgan fingerprint density at radius 2 is 2.50 bits per heavy atom. The van der Waals surface area contributed by atoms with Gasteiger partial charge in [0, 0.05) is 14.2 Å². The minimum atomic E-state index is -0.319. The number of carbonyl (C=O) groups is 1. The number of ether oxygens (including phenoxy) is 1. The predicted molar refractivity (Wildman–Crippen MR) is 61.8 cm³/mol. The fraction of sp³-hybridized carbons (Fsp3) is 0.364. The molecule has 0 fully saturated rings. The Morgan fingerprint density at radius 3 is 3.06 bits per heavy atom. The molecule has 2 rings (SSSR count). The van der Waals surface area contributed by atoms with E-state index in [0.717, 1.165) is 0 Å². The first-order valence-corrected chi connectivity index (χ1v) is 5.41. The number of rotatable bonds is 5. The quantitative estimate of drug-likeness (QED) is 0.836. The fourth-order valence-corrected chi connectivity index (χ4v) is 1.50. The second kappa shape index (κ2) is 5.46. The summed E-state index contributed by atoms with van der Waals surface area (Å²) in [7, 11) is 3.26. The van der Waals surface area contributed by atoms with Gasteiger partial charge in [-0.05, 0) is 12.1 Å². The Bertz CT molecular complexity index is 506. The molecule has 1 amide bonds. The molecule has 2 aromatic rings. The molecule has 0 spiro atoms. The smallest absolute Gasteiger partial charge is 0.273 e. The van der Waals surface area contributed by atoms with Crippen LogP contribution >= 0.6 is 0 Å². The standard InChI is InChI=1S/C11H14N4O3/c1-15-7-8(13-14-15)11(16)12-6-10(17-2)9-4-3-5-18-9/h3-5,7,10H,6H2,1-2H3,(H,12,16). The maximum absolute atomic E-state index is 11.7. The van der Waals surface area contributed by atoms with Gasteiger partial charge < -0.3 is 14.5 Å². The highest BCUT2D eigenvalue weighted by atomic mass is 16.5. The van der Waals surface area contributed by atoms with Crippen LogP contribution in [0.4, 0.5) is 0 Å². The summed E-state index contributed by atoms with van der Waals surface area (Å²) < 4.78 is 11.9. The predicted octanol–water partition coefficient (Wildman–Crippen LogP) is 0.526. The highest BCUT2D eigenvalue weighted by Crippen LogP contribution is 2.15. The molecule has 1 N–H and O–H groups in total. The van der Waals surface area contributed by atoms with Gasteiger partial charge in [-0.2, -0.15) is 0 Å². The Hall–Kier alpha value is -2.15. The molecule has 1 atom stereocenters. The topological polar surface area (TPSA) is 82.2 Å². The highest BCUT2D eigenvalue weighted by Gasteiger charge is 2.16. The summed E-state index contributed by atoms with van der Waals surface area (Å²) in [5, 5.41) is 10.1. The largest absolute Gasteiger partial charge is 0.467 e. The zero-order valence-corrected chi connectivity index (χ0v) is 10.2. The number of hydrogen-bond donors (Lipinski definition) is 1.